The van der Waals surface area contributed by atoms with E-state index in [-0.39, 0.29) is 0 Å². The zero-order chi connectivity index (χ0) is 38.7. The molecule has 2 heteroatoms. The molecule has 58 heavy (non-hydrogen) atoms. The molecule has 1 heterocycles. The first-order valence-corrected chi connectivity index (χ1v) is 19.8. The van der Waals surface area contributed by atoms with E-state index >= 15 is 0 Å². The molecule has 10 rings (SSSR count). The molecule has 274 valence electrons. The van der Waals surface area contributed by atoms with Gasteiger partial charge in [-0.25, -0.2) is 0 Å². The van der Waals surface area contributed by atoms with Crippen molar-refractivity contribution in [3.8, 4) is 61.3 Å². The van der Waals surface area contributed by atoms with Crippen LogP contribution in [0.25, 0.3) is 72.2 Å². The average Bonchev–Trinajstić information content (AvgIpc) is 3.76. The van der Waals surface area contributed by atoms with E-state index in [0.29, 0.717) is 0 Å². The predicted molar refractivity (Wildman–Crippen MR) is 245 cm³/mol. The predicted octanol–water partition coefficient (Wildman–Crippen LogP) is 15.4. The zero-order valence-electron chi connectivity index (χ0n) is 32.0. The van der Waals surface area contributed by atoms with Crippen LogP contribution in [0, 0.1) is 0 Å². The summed E-state index contributed by atoms with van der Waals surface area (Å²) in [6, 6.07) is 85.1. The third-order valence-electron chi connectivity index (χ3n) is 11.1. The van der Waals surface area contributed by atoms with Crippen LogP contribution in [-0.2, 0) is 0 Å². The SMILES string of the molecule is c1ccc(-c2ccc(-c3ccc(N(c4ccc(-c5ccccc5)cc4)c4ccc(-c5cccc6c5ccn6-c5ccccc5)c(-c5ccccc5)c4)cc3)cc2)cc1. The molecule has 2 nitrogen and oxygen atoms in total. The fraction of sp³-hybridized carbons (Fsp3) is 0. The summed E-state index contributed by atoms with van der Waals surface area (Å²) >= 11 is 0. The van der Waals surface area contributed by atoms with Gasteiger partial charge in [0.1, 0.15) is 0 Å². The minimum atomic E-state index is 1.09. The molecular formula is C56H40N2. The van der Waals surface area contributed by atoms with Gasteiger partial charge in [0.05, 0.1) is 5.52 Å². The highest BCUT2D eigenvalue weighted by atomic mass is 15.1. The quantitative estimate of drug-likeness (QED) is 0.143. The lowest BCUT2D eigenvalue weighted by molar-refractivity contribution is 1.13. The number of aromatic nitrogens is 1. The third-order valence-corrected chi connectivity index (χ3v) is 11.1. The topological polar surface area (TPSA) is 8.17 Å². The lowest BCUT2D eigenvalue weighted by atomic mass is 9.92. The molecule has 0 atom stereocenters. The number of benzene rings is 9. The molecule has 0 saturated carbocycles. The van der Waals surface area contributed by atoms with Crippen molar-refractivity contribution in [2.24, 2.45) is 0 Å². The molecule has 0 bridgehead atoms. The second kappa shape index (κ2) is 15.5. The Morgan fingerprint density at radius 3 is 1.22 bits per heavy atom. The van der Waals surface area contributed by atoms with Crippen molar-refractivity contribution in [2.75, 3.05) is 4.90 Å². The van der Waals surface area contributed by atoms with Crippen molar-refractivity contribution in [1.29, 1.82) is 0 Å². The lowest BCUT2D eigenvalue weighted by Gasteiger charge is -2.27. The van der Waals surface area contributed by atoms with E-state index in [1.165, 1.54) is 66.5 Å². The minimum Gasteiger partial charge on any atom is -0.317 e. The van der Waals surface area contributed by atoms with Gasteiger partial charge in [0.15, 0.2) is 0 Å². The van der Waals surface area contributed by atoms with E-state index in [9.17, 15) is 0 Å². The standard InChI is InChI=1S/C56H40N2/c1-5-14-41(15-6-1)43-24-26-44(27-25-43)46-30-34-50(35-31-46)58(49-32-28-45(29-33-49)42-16-7-2-8-17-42)51-36-37-53(55(40-51)47-18-9-3-10-19-47)52-22-13-23-56-54(52)38-39-57(56)48-20-11-4-12-21-48/h1-40H. The van der Waals surface area contributed by atoms with Gasteiger partial charge in [-0.05, 0) is 116 Å². The Morgan fingerprint density at radius 2 is 0.707 bits per heavy atom. The van der Waals surface area contributed by atoms with E-state index < -0.39 is 0 Å². The molecule has 0 aliphatic carbocycles. The van der Waals surface area contributed by atoms with E-state index in [0.717, 1.165) is 22.7 Å². The summed E-state index contributed by atoms with van der Waals surface area (Å²) < 4.78 is 2.28. The molecule has 10 aromatic rings. The van der Waals surface area contributed by atoms with E-state index in [4.69, 9.17) is 0 Å². The lowest BCUT2D eigenvalue weighted by Crippen LogP contribution is -2.10. The summed E-state index contributed by atoms with van der Waals surface area (Å²) in [5.74, 6) is 0. The van der Waals surface area contributed by atoms with Crippen molar-refractivity contribution >= 4 is 28.0 Å². The number of anilines is 3. The normalized spacial score (nSPS) is 11.1. The van der Waals surface area contributed by atoms with Crippen LogP contribution in [0.3, 0.4) is 0 Å². The highest BCUT2D eigenvalue weighted by molar-refractivity contribution is 6.01. The number of fused-ring (bicyclic) bond motifs is 1. The average molecular weight is 741 g/mol. The molecule has 1 aromatic heterocycles. The van der Waals surface area contributed by atoms with Crippen molar-refractivity contribution in [3.63, 3.8) is 0 Å². The zero-order valence-corrected chi connectivity index (χ0v) is 32.0. The van der Waals surface area contributed by atoms with Crippen molar-refractivity contribution < 1.29 is 0 Å². The summed E-state index contributed by atoms with van der Waals surface area (Å²) in [5, 5.41) is 1.22. The van der Waals surface area contributed by atoms with Crippen LogP contribution in [-0.4, -0.2) is 4.57 Å². The second-order valence-corrected chi connectivity index (χ2v) is 14.6. The number of hydrogen-bond acceptors (Lipinski definition) is 1. The molecular weight excluding hydrogens is 701 g/mol. The molecule has 0 aliphatic heterocycles. The van der Waals surface area contributed by atoms with Crippen molar-refractivity contribution in [3.05, 3.63) is 243 Å². The van der Waals surface area contributed by atoms with Crippen LogP contribution in [0.15, 0.2) is 243 Å². The first-order valence-electron chi connectivity index (χ1n) is 19.8. The Morgan fingerprint density at radius 1 is 0.276 bits per heavy atom. The summed E-state index contributed by atoms with van der Waals surface area (Å²) in [4.78, 5) is 2.37. The monoisotopic (exact) mass is 740 g/mol. The summed E-state index contributed by atoms with van der Waals surface area (Å²) in [6.45, 7) is 0. The summed E-state index contributed by atoms with van der Waals surface area (Å²) in [6.07, 6.45) is 2.18. The number of rotatable bonds is 9. The van der Waals surface area contributed by atoms with Crippen molar-refractivity contribution in [1.82, 2.24) is 4.57 Å². The summed E-state index contributed by atoms with van der Waals surface area (Å²) in [5.41, 5.74) is 17.6. The second-order valence-electron chi connectivity index (χ2n) is 14.6. The van der Waals surface area contributed by atoms with Crippen LogP contribution >= 0.6 is 0 Å². The third kappa shape index (κ3) is 6.78. The number of para-hydroxylation sites is 1. The van der Waals surface area contributed by atoms with Gasteiger partial charge in [-0.15, -0.1) is 0 Å². The summed E-state index contributed by atoms with van der Waals surface area (Å²) in [7, 11) is 0. The largest absolute Gasteiger partial charge is 0.317 e. The molecule has 0 fully saturated rings. The van der Waals surface area contributed by atoms with Gasteiger partial charge in [-0.3, -0.25) is 0 Å². The van der Waals surface area contributed by atoms with E-state index in [2.05, 4.69) is 252 Å². The van der Waals surface area contributed by atoms with Crippen LogP contribution in [0.2, 0.25) is 0 Å². The molecule has 0 amide bonds. The van der Waals surface area contributed by atoms with Crippen LogP contribution in [0.1, 0.15) is 0 Å². The van der Waals surface area contributed by atoms with Crippen molar-refractivity contribution in [2.45, 2.75) is 0 Å². The maximum Gasteiger partial charge on any atom is 0.0534 e. The Hall–Kier alpha value is -7.68. The smallest absolute Gasteiger partial charge is 0.0534 e. The van der Waals surface area contributed by atoms with Gasteiger partial charge in [0, 0.05) is 34.3 Å². The van der Waals surface area contributed by atoms with Crippen LogP contribution in [0.5, 0.6) is 0 Å². The highest BCUT2D eigenvalue weighted by Crippen LogP contribution is 2.43. The molecule has 9 aromatic carbocycles. The molecule has 0 saturated heterocycles. The Bertz CT molecular complexity index is 2930. The van der Waals surface area contributed by atoms with Gasteiger partial charge in [-0.1, -0.05) is 176 Å². The van der Waals surface area contributed by atoms with Crippen LogP contribution < -0.4 is 4.90 Å². The molecule has 0 spiro atoms. The molecule has 0 N–H and O–H groups in total. The van der Waals surface area contributed by atoms with Gasteiger partial charge in [0.25, 0.3) is 0 Å². The Labute approximate surface area is 340 Å². The first kappa shape index (κ1) is 34.8. The fourth-order valence-corrected chi connectivity index (χ4v) is 8.15. The number of hydrogen-bond donors (Lipinski definition) is 0. The Balaban J connectivity index is 1.08. The van der Waals surface area contributed by atoms with E-state index in [1.807, 2.05) is 0 Å². The molecule has 0 unspecified atom stereocenters. The maximum absolute atomic E-state index is 2.37. The first-order chi connectivity index (χ1) is 28.8. The Kier molecular flexibility index (Phi) is 9.27. The van der Waals surface area contributed by atoms with Gasteiger partial charge < -0.3 is 9.47 Å². The molecule has 0 radical (unpaired) electrons. The molecule has 0 aliphatic rings. The maximum atomic E-state index is 2.37. The van der Waals surface area contributed by atoms with Gasteiger partial charge >= 0.3 is 0 Å². The number of nitrogens with zero attached hydrogens (tertiary/aromatic N) is 2. The minimum absolute atomic E-state index is 1.09. The van der Waals surface area contributed by atoms with Crippen LogP contribution in [0.4, 0.5) is 17.1 Å². The van der Waals surface area contributed by atoms with Gasteiger partial charge in [-0.2, -0.15) is 0 Å². The fourth-order valence-electron chi connectivity index (χ4n) is 8.15. The van der Waals surface area contributed by atoms with E-state index in [1.54, 1.807) is 0 Å². The highest BCUT2D eigenvalue weighted by Gasteiger charge is 2.19. The van der Waals surface area contributed by atoms with Gasteiger partial charge in [0.2, 0.25) is 0 Å².